The van der Waals surface area contributed by atoms with Gasteiger partial charge in [0, 0.05) is 11.9 Å². The first kappa shape index (κ1) is 25.5. The Hall–Kier alpha value is -5.15. The molecule has 9 nitrogen and oxygen atoms in total. The molecule has 2 aromatic rings. The number of nitrogens with zero attached hydrogens (tertiary/aromatic N) is 4. The second kappa shape index (κ2) is 9.30. The number of esters is 2. The topological polar surface area (TPSA) is 124 Å². The van der Waals surface area contributed by atoms with E-state index in [0.29, 0.717) is 5.69 Å². The number of aryl methyl sites for hydroxylation is 1. The Balaban J connectivity index is 1.97. The van der Waals surface area contributed by atoms with Gasteiger partial charge in [-0.15, -0.1) is 0 Å². The number of ether oxygens (including phenoxy) is 2. The van der Waals surface area contributed by atoms with E-state index in [0.717, 1.165) is 25.3 Å². The Kier molecular flexibility index (Phi) is 6.08. The molecule has 194 valence electrons. The normalized spacial score (nSPS) is 22.2. The van der Waals surface area contributed by atoms with Gasteiger partial charge in [-0.2, -0.15) is 10.5 Å². The van der Waals surface area contributed by atoms with Crippen molar-refractivity contribution in [2.24, 2.45) is 5.41 Å². The van der Waals surface area contributed by atoms with Gasteiger partial charge in [0.2, 0.25) is 5.91 Å². The van der Waals surface area contributed by atoms with Gasteiger partial charge in [0.25, 0.3) is 0 Å². The number of carbonyl (C=O) groups excluding carboxylic acids is 3. The van der Waals surface area contributed by atoms with Crippen LogP contribution in [-0.4, -0.2) is 43.0 Å². The number of hydrogen-bond donors (Lipinski definition) is 0. The molecule has 0 aliphatic carbocycles. The fourth-order valence-corrected chi connectivity index (χ4v) is 5.93. The van der Waals surface area contributed by atoms with Gasteiger partial charge in [-0.3, -0.25) is 4.79 Å². The molecule has 3 aliphatic heterocycles. The monoisotopic (exact) mass is 520 g/mol. The summed E-state index contributed by atoms with van der Waals surface area (Å²) >= 11 is 0. The number of fused-ring (bicyclic) bond motifs is 3. The predicted molar refractivity (Wildman–Crippen MR) is 139 cm³/mol. The highest BCUT2D eigenvalue weighted by atomic mass is 16.5. The van der Waals surface area contributed by atoms with Crippen molar-refractivity contribution < 1.29 is 23.9 Å². The van der Waals surface area contributed by atoms with Gasteiger partial charge in [-0.1, -0.05) is 60.2 Å². The molecule has 39 heavy (non-hydrogen) atoms. The van der Waals surface area contributed by atoms with Gasteiger partial charge in [0.15, 0.2) is 5.41 Å². The molecule has 0 N–H and O–H groups in total. The highest BCUT2D eigenvalue weighted by Gasteiger charge is 2.74. The standard InChI is InChI=1S/C30H24N4O5/c1-19-12-13-22-21(15-19)30(28(37)34(22)16-20-9-5-4-6-10-20)24(26(35)38-2)25(27(36)39-3)33-14-8-7-11-23(33)29(30,17-31)18-32/h4-15,23H,16H2,1-3H3/t23-,30-/m1/s1. The molecular weight excluding hydrogens is 496 g/mol. The van der Waals surface area contributed by atoms with Crippen molar-refractivity contribution in [3.8, 4) is 12.1 Å². The third-order valence-electron chi connectivity index (χ3n) is 7.57. The Morgan fingerprint density at radius 1 is 1.00 bits per heavy atom. The molecule has 5 rings (SSSR count). The molecule has 3 heterocycles. The first-order chi connectivity index (χ1) is 18.8. The van der Waals surface area contributed by atoms with Crippen LogP contribution in [0.25, 0.3) is 0 Å². The number of hydrogen-bond acceptors (Lipinski definition) is 8. The third kappa shape index (κ3) is 3.27. The highest BCUT2D eigenvalue weighted by molar-refractivity contribution is 6.19. The van der Waals surface area contributed by atoms with E-state index in [-0.39, 0.29) is 17.8 Å². The lowest BCUT2D eigenvalue weighted by molar-refractivity contribution is -0.144. The minimum atomic E-state index is -2.21. The van der Waals surface area contributed by atoms with Crippen LogP contribution < -0.4 is 4.90 Å². The molecule has 2 aromatic carbocycles. The van der Waals surface area contributed by atoms with Crippen LogP contribution in [0.5, 0.6) is 0 Å². The van der Waals surface area contributed by atoms with E-state index in [4.69, 9.17) is 9.47 Å². The van der Waals surface area contributed by atoms with Gasteiger partial charge in [0.1, 0.15) is 11.1 Å². The van der Waals surface area contributed by atoms with E-state index >= 15 is 0 Å². The van der Waals surface area contributed by atoms with Crippen molar-refractivity contribution >= 4 is 23.5 Å². The Labute approximate surface area is 225 Å². The molecule has 0 saturated heterocycles. The molecule has 0 unspecified atom stereocenters. The molecule has 3 aliphatic rings. The van der Waals surface area contributed by atoms with Crippen LogP contribution in [-0.2, 0) is 35.8 Å². The van der Waals surface area contributed by atoms with Crippen molar-refractivity contribution in [2.75, 3.05) is 19.1 Å². The smallest absolute Gasteiger partial charge is 0.355 e. The summed E-state index contributed by atoms with van der Waals surface area (Å²) in [6.45, 7) is 1.91. The van der Waals surface area contributed by atoms with Crippen molar-refractivity contribution in [1.29, 1.82) is 10.5 Å². The van der Waals surface area contributed by atoms with E-state index in [1.54, 1.807) is 37.3 Å². The summed E-state index contributed by atoms with van der Waals surface area (Å²) in [5.74, 6) is -2.61. The summed E-state index contributed by atoms with van der Waals surface area (Å²) in [6, 6.07) is 17.6. The van der Waals surface area contributed by atoms with Gasteiger partial charge < -0.3 is 19.3 Å². The van der Waals surface area contributed by atoms with Crippen LogP contribution in [0.15, 0.2) is 84.2 Å². The first-order valence-corrected chi connectivity index (χ1v) is 12.2. The molecule has 1 spiro atoms. The number of nitriles is 2. The van der Waals surface area contributed by atoms with E-state index in [1.807, 2.05) is 36.4 Å². The number of rotatable bonds is 4. The summed E-state index contributed by atoms with van der Waals surface area (Å²) in [6.07, 6.45) is 6.29. The van der Waals surface area contributed by atoms with E-state index in [1.165, 1.54) is 16.0 Å². The number of carbonyl (C=O) groups is 3. The van der Waals surface area contributed by atoms with E-state index in [9.17, 15) is 24.9 Å². The minimum Gasteiger partial charge on any atom is -0.466 e. The highest BCUT2D eigenvalue weighted by Crippen LogP contribution is 2.62. The molecule has 0 saturated carbocycles. The lowest BCUT2D eigenvalue weighted by Gasteiger charge is -2.51. The average molecular weight is 521 g/mol. The Bertz CT molecular complexity index is 1560. The molecule has 0 fully saturated rings. The van der Waals surface area contributed by atoms with Crippen LogP contribution in [0, 0.1) is 35.0 Å². The van der Waals surface area contributed by atoms with E-state index < -0.39 is 40.3 Å². The fraction of sp³-hybridized carbons (Fsp3) is 0.233. The second-order valence-electron chi connectivity index (χ2n) is 9.46. The average Bonchev–Trinajstić information content (AvgIpc) is 3.20. The maximum absolute atomic E-state index is 14.9. The summed E-state index contributed by atoms with van der Waals surface area (Å²) in [5.41, 5.74) is -2.83. The second-order valence-corrected chi connectivity index (χ2v) is 9.46. The number of anilines is 1. The number of allylic oxidation sites excluding steroid dienone is 2. The maximum atomic E-state index is 14.9. The van der Waals surface area contributed by atoms with E-state index in [2.05, 4.69) is 12.1 Å². The van der Waals surface area contributed by atoms with Crippen LogP contribution >= 0.6 is 0 Å². The zero-order chi connectivity index (χ0) is 27.9. The Morgan fingerprint density at radius 2 is 1.69 bits per heavy atom. The number of amides is 1. The van der Waals surface area contributed by atoms with Crippen LogP contribution in [0.3, 0.4) is 0 Å². The van der Waals surface area contributed by atoms with Crippen molar-refractivity contribution in [2.45, 2.75) is 24.9 Å². The van der Waals surface area contributed by atoms with Crippen molar-refractivity contribution in [1.82, 2.24) is 4.90 Å². The van der Waals surface area contributed by atoms with Crippen molar-refractivity contribution in [3.05, 3.63) is 101 Å². The van der Waals surface area contributed by atoms with Crippen LogP contribution in [0.2, 0.25) is 0 Å². The quantitative estimate of drug-likeness (QED) is 0.563. The summed E-state index contributed by atoms with van der Waals surface area (Å²) in [4.78, 5) is 44.8. The molecule has 0 radical (unpaired) electrons. The molecular formula is C30H24N4O5. The van der Waals surface area contributed by atoms with Gasteiger partial charge in [0.05, 0.1) is 44.5 Å². The molecule has 2 atom stereocenters. The fourth-order valence-electron chi connectivity index (χ4n) is 5.93. The number of methoxy groups -OCH3 is 2. The minimum absolute atomic E-state index is 0.108. The van der Waals surface area contributed by atoms with Gasteiger partial charge in [-0.25, -0.2) is 9.59 Å². The zero-order valence-corrected chi connectivity index (χ0v) is 21.5. The van der Waals surface area contributed by atoms with Crippen LogP contribution in [0.4, 0.5) is 5.69 Å². The SMILES string of the molecule is COC(=O)C1=C(C(=O)OC)[C@]2(C(=O)N(Cc3ccccc3)c3ccc(C)cc32)C(C#N)(C#N)[C@H]2C=CC=CN12. The van der Waals surface area contributed by atoms with Crippen molar-refractivity contribution in [3.63, 3.8) is 0 Å². The summed E-state index contributed by atoms with van der Waals surface area (Å²) < 4.78 is 10.2. The number of benzene rings is 2. The van der Waals surface area contributed by atoms with Gasteiger partial charge in [-0.05, 0) is 30.2 Å². The third-order valence-corrected chi connectivity index (χ3v) is 7.57. The molecule has 0 bridgehead atoms. The van der Waals surface area contributed by atoms with Crippen LogP contribution in [0.1, 0.15) is 16.7 Å². The summed E-state index contributed by atoms with van der Waals surface area (Å²) in [7, 11) is 2.27. The maximum Gasteiger partial charge on any atom is 0.355 e. The predicted octanol–water partition coefficient (Wildman–Crippen LogP) is 3.18. The molecule has 9 heteroatoms. The zero-order valence-electron chi connectivity index (χ0n) is 21.5. The molecule has 1 amide bonds. The largest absolute Gasteiger partial charge is 0.466 e. The van der Waals surface area contributed by atoms with Gasteiger partial charge >= 0.3 is 11.9 Å². The lowest BCUT2D eigenvalue weighted by atomic mass is 9.52. The lowest BCUT2D eigenvalue weighted by Crippen LogP contribution is -2.66. The summed E-state index contributed by atoms with van der Waals surface area (Å²) in [5, 5.41) is 21.7. The first-order valence-electron chi connectivity index (χ1n) is 12.2. The Morgan fingerprint density at radius 3 is 2.33 bits per heavy atom. The molecule has 0 aromatic heterocycles.